The summed E-state index contributed by atoms with van der Waals surface area (Å²) in [6.45, 7) is 9.99. The predicted molar refractivity (Wildman–Crippen MR) is 87.5 cm³/mol. The van der Waals surface area contributed by atoms with Gasteiger partial charge in [0, 0.05) is 18.7 Å². The van der Waals surface area contributed by atoms with Crippen LogP contribution in [-0.2, 0) is 11.2 Å². The van der Waals surface area contributed by atoms with Gasteiger partial charge in [-0.15, -0.1) is 0 Å². The fraction of sp³-hybridized carbons (Fsp3) is 0.667. The van der Waals surface area contributed by atoms with Crippen molar-refractivity contribution < 1.29 is 19.1 Å². The van der Waals surface area contributed by atoms with E-state index in [0.29, 0.717) is 17.0 Å². The SMILES string of the molecule is Cc1coc(CC(=O)O)c1C(=O)N1CCCC(C(C)(C)C)CC1. The monoisotopic (exact) mass is 321 g/mol. The second kappa shape index (κ2) is 6.77. The smallest absolute Gasteiger partial charge is 0.311 e. The van der Waals surface area contributed by atoms with Gasteiger partial charge in [-0.25, -0.2) is 0 Å². The molecule has 1 aromatic rings. The van der Waals surface area contributed by atoms with Gasteiger partial charge in [-0.05, 0) is 37.5 Å². The van der Waals surface area contributed by atoms with E-state index < -0.39 is 5.97 Å². The maximum Gasteiger partial charge on any atom is 0.311 e. The van der Waals surface area contributed by atoms with Gasteiger partial charge in [-0.1, -0.05) is 20.8 Å². The fourth-order valence-electron chi connectivity index (χ4n) is 3.38. The predicted octanol–water partition coefficient (Wildman–Crippen LogP) is 3.50. The molecule has 1 aromatic heterocycles. The summed E-state index contributed by atoms with van der Waals surface area (Å²) in [5.74, 6) is -0.222. The summed E-state index contributed by atoms with van der Waals surface area (Å²) in [7, 11) is 0. The molecule has 1 amide bonds. The maximum atomic E-state index is 12.9. The molecule has 0 aliphatic carbocycles. The van der Waals surface area contributed by atoms with E-state index in [0.717, 1.165) is 32.4 Å². The number of rotatable bonds is 3. The summed E-state index contributed by atoms with van der Waals surface area (Å²) in [5, 5.41) is 8.98. The second-order valence-electron chi connectivity index (χ2n) is 7.57. The first-order valence-electron chi connectivity index (χ1n) is 8.28. The lowest BCUT2D eigenvalue weighted by Gasteiger charge is -2.29. The quantitative estimate of drug-likeness (QED) is 0.925. The standard InChI is InChI=1S/C18H27NO4/c1-12-11-23-14(10-15(20)21)16(12)17(22)19-8-5-6-13(7-9-19)18(2,3)4/h11,13H,5-10H2,1-4H3,(H,20,21). The van der Waals surface area contributed by atoms with Crippen LogP contribution in [-0.4, -0.2) is 35.0 Å². The van der Waals surface area contributed by atoms with Crippen molar-refractivity contribution in [2.45, 2.75) is 53.4 Å². The molecule has 1 atom stereocenters. The van der Waals surface area contributed by atoms with E-state index in [4.69, 9.17) is 9.52 Å². The molecule has 0 aromatic carbocycles. The zero-order valence-electron chi connectivity index (χ0n) is 14.5. The molecular formula is C18H27NO4. The van der Waals surface area contributed by atoms with Gasteiger partial charge in [0.1, 0.15) is 12.2 Å². The van der Waals surface area contributed by atoms with Gasteiger partial charge in [0.2, 0.25) is 0 Å². The van der Waals surface area contributed by atoms with Gasteiger partial charge < -0.3 is 14.4 Å². The van der Waals surface area contributed by atoms with Crippen LogP contribution in [0.4, 0.5) is 0 Å². The Hall–Kier alpha value is -1.78. The molecule has 0 spiro atoms. The van der Waals surface area contributed by atoms with Gasteiger partial charge in [0.25, 0.3) is 5.91 Å². The molecule has 128 valence electrons. The average molecular weight is 321 g/mol. The summed E-state index contributed by atoms with van der Waals surface area (Å²) in [5.41, 5.74) is 1.39. The minimum absolute atomic E-state index is 0.0953. The van der Waals surface area contributed by atoms with Crippen molar-refractivity contribution in [2.24, 2.45) is 11.3 Å². The first-order chi connectivity index (χ1) is 10.7. The number of carbonyl (C=O) groups is 2. The first kappa shape index (κ1) is 17.6. The van der Waals surface area contributed by atoms with E-state index in [-0.39, 0.29) is 23.5 Å². The molecule has 2 heterocycles. The number of carbonyl (C=O) groups excluding carboxylic acids is 1. The van der Waals surface area contributed by atoms with Gasteiger partial charge in [0.15, 0.2) is 0 Å². The van der Waals surface area contributed by atoms with Crippen LogP contribution < -0.4 is 0 Å². The van der Waals surface area contributed by atoms with E-state index >= 15 is 0 Å². The third-order valence-electron chi connectivity index (χ3n) is 4.82. The van der Waals surface area contributed by atoms with Crippen LogP contribution in [0.15, 0.2) is 10.7 Å². The summed E-state index contributed by atoms with van der Waals surface area (Å²) in [4.78, 5) is 25.7. The topological polar surface area (TPSA) is 70.7 Å². The molecular weight excluding hydrogens is 294 g/mol. The molecule has 1 saturated heterocycles. The third kappa shape index (κ3) is 4.15. The lowest BCUT2D eigenvalue weighted by Crippen LogP contribution is -2.33. The highest BCUT2D eigenvalue weighted by molar-refractivity contribution is 5.97. The highest BCUT2D eigenvalue weighted by atomic mass is 16.4. The average Bonchev–Trinajstić information content (AvgIpc) is 2.65. The molecule has 1 fully saturated rings. The van der Waals surface area contributed by atoms with Crippen LogP contribution in [0.5, 0.6) is 0 Å². The zero-order valence-corrected chi connectivity index (χ0v) is 14.5. The lowest BCUT2D eigenvalue weighted by atomic mass is 9.77. The number of aliphatic carboxylic acids is 1. The van der Waals surface area contributed by atoms with Crippen LogP contribution >= 0.6 is 0 Å². The number of hydrogen-bond donors (Lipinski definition) is 1. The molecule has 2 rings (SSSR count). The van der Waals surface area contributed by atoms with Crippen molar-refractivity contribution in [3.05, 3.63) is 23.2 Å². The highest BCUT2D eigenvalue weighted by Gasteiger charge is 2.30. The molecule has 1 N–H and O–H groups in total. The Labute approximate surface area is 137 Å². The molecule has 1 aliphatic heterocycles. The number of nitrogens with zero attached hydrogens (tertiary/aromatic N) is 1. The van der Waals surface area contributed by atoms with Crippen molar-refractivity contribution in [3.8, 4) is 0 Å². The Morgan fingerprint density at radius 1 is 1.30 bits per heavy atom. The minimum Gasteiger partial charge on any atom is -0.481 e. The Bertz CT molecular complexity index is 582. The Morgan fingerprint density at radius 2 is 2.00 bits per heavy atom. The van der Waals surface area contributed by atoms with Crippen LogP contribution in [0.1, 0.15) is 61.7 Å². The van der Waals surface area contributed by atoms with Crippen molar-refractivity contribution >= 4 is 11.9 Å². The molecule has 0 bridgehead atoms. The van der Waals surface area contributed by atoms with Crippen LogP contribution in [0.2, 0.25) is 0 Å². The van der Waals surface area contributed by atoms with Crippen LogP contribution in [0.3, 0.4) is 0 Å². The number of likely N-dealkylation sites (tertiary alicyclic amines) is 1. The Balaban J connectivity index is 2.15. The molecule has 0 radical (unpaired) electrons. The molecule has 5 heteroatoms. The van der Waals surface area contributed by atoms with E-state index in [1.165, 1.54) is 6.26 Å². The molecule has 5 nitrogen and oxygen atoms in total. The summed E-state index contributed by atoms with van der Waals surface area (Å²) in [6.07, 6.45) is 4.31. The highest BCUT2D eigenvalue weighted by Crippen LogP contribution is 2.34. The van der Waals surface area contributed by atoms with Crippen molar-refractivity contribution in [1.82, 2.24) is 4.90 Å². The lowest BCUT2D eigenvalue weighted by molar-refractivity contribution is -0.136. The van der Waals surface area contributed by atoms with Gasteiger partial charge in [-0.3, -0.25) is 9.59 Å². The van der Waals surface area contributed by atoms with E-state index in [9.17, 15) is 9.59 Å². The number of aryl methyl sites for hydroxylation is 1. The summed E-state index contributed by atoms with van der Waals surface area (Å²) in [6, 6.07) is 0. The van der Waals surface area contributed by atoms with Crippen molar-refractivity contribution in [3.63, 3.8) is 0 Å². The minimum atomic E-state index is -0.989. The van der Waals surface area contributed by atoms with Crippen molar-refractivity contribution in [2.75, 3.05) is 13.1 Å². The molecule has 23 heavy (non-hydrogen) atoms. The van der Waals surface area contributed by atoms with Crippen molar-refractivity contribution in [1.29, 1.82) is 0 Å². The van der Waals surface area contributed by atoms with Gasteiger partial charge in [-0.2, -0.15) is 0 Å². The summed E-state index contributed by atoms with van der Waals surface area (Å²) < 4.78 is 5.30. The number of hydrogen-bond acceptors (Lipinski definition) is 3. The zero-order chi connectivity index (χ0) is 17.2. The fourth-order valence-corrected chi connectivity index (χ4v) is 3.38. The molecule has 0 saturated carbocycles. The summed E-state index contributed by atoms with van der Waals surface area (Å²) >= 11 is 0. The van der Waals surface area contributed by atoms with Gasteiger partial charge >= 0.3 is 5.97 Å². The number of furan rings is 1. The first-order valence-corrected chi connectivity index (χ1v) is 8.28. The molecule has 1 aliphatic rings. The van der Waals surface area contributed by atoms with E-state index in [2.05, 4.69) is 20.8 Å². The van der Waals surface area contributed by atoms with E-state index in [1.807, 2.05) is 4.90 Å². The normalized spacial score (nSPS) is 19.5. The Kier molecular flexibility index (Phi) is 5.17. The maximum absolute atomic E-state index is 12.9. The Morgan fingerprint density at radius 3 is 2.61 bits per heavy atom. The number of carboxylic acid groups (broad SMARTS) is 1. The largest absolute Gasteiger partial charge is 0.481 e. The van der Waals surface area contributed by atoms with E-state index in [1.54, 1.807) is 6.92 Å². The third-order valence-corrected chi connectivity index (χ3v) is 4.82. The number of amides is 1. The van der Waals surface area contributed by atoms with Crippen LogP contribution in [0, 0.1) is 18.3 Å². The molecule has 1 unspecified atom stereocenters. The number of carboxylic acids is 1. The van der Waals surface area contributed by atoms with Crippen LogP contribution in [0.25, 0.3) is 0 Å². The van der Waals surface area contributed by atoms with Gasteiger partial charge in [0.05, 0.1) is 11.8 Å². The second-order valence-corrected chi connectivity index (χ2v) is 7.57.